The predicted molar refractivity (Wildman–Crippen MR) is 63.2 cm³/mol. The van der Waals surface area contributed by atoms with Gasteiger partial charge in [-0.3, -0.25) is 0 Å². The van der Waals surface area contributed by atoms with Crippen molar-refractivity contribution < 1.29 is 0 Å². The van der Waals surface area contributed by atoms with Gasteiger partial charge in [0.25, 0.3) is 0 Å². The zero-order valence-corrected chi connectivity index (χ0v) is 9.63. The highest BCUT2D eigenvalue weighted by molar-refractivity contribution is 7.13. The highest BCUT2D eigenvalue weighted by Gasteiger charge is 2.18. The lowest BCUT2D eigenvalue weighted by Crippen LogP contribution is -2.14. The van der Waals surface area contributed by atoms with Gasteiger partial charge in [0, 0.05) is 18.7 Å². The summed E-state index contributed by atoms with van der Waals surface area (Å²) in [6.07, 6.45) is 5.91. The van der Waals surface area contributed by atoms with Crippen LogP contribution < -0.4 is 0 Å². The maximum Gasteiger partial charge on any atom is 0.109 e. The highest BCUT2D eigenvalue weighted by Crippen LogP contribution is 2.29. The Hall–Kier alpha value is -1.09. The summed E-state index contributed by atoms with van der Waals surface area (Å²) in [6.45, 7) is 2.28. The summed E-state index contributed by atoms with van der Waals surface area (Å²) in [5.41, 5.74) is 1.15. The average molecular weight is 218 g/mol. The van der Waals surface area contributed by atoms with Crippen LogP contribution in [-0.2, 0) is 6.42 Å². The molecule has 3 heteroatoms. The zero-order valence-electron chi connectivity index (χ0n) is 8.81. The molecular formula is C12H14N2S. The van der Waals surface area contributed by atoms with Crippen molar-refractivity contribution in [1.29, 1.82) is 0 Å². The van der Waals surface area contributed by atoms with Crippen LogP contribution in [0.3, 0.4) is 0 Å². The summed E-state index contributed by atoms with van der Waals surface area (Å²) in [4.78, 5) is 6.00. The molecular weight excluding hydrogens is 204 g/mol. The first-order valence-corrected chi connectivity index (χ1v) is 6.34. The number of nitrogens with zero attached hydrogens (tertiary/aromatic N) is 2. The third kappa shape index (κ3) is 1.51. The summed E-state index contributed by atoms with van der Waals surface area (Å²) >= 11 is 1.76. The SMILES string of the molecule is CC1CCCc2nc(-c3cccs3)cn21. The topological polar surface area (TPSA) is 17.8 Å². The van der Waals surface area contributed by atoms with Crippen molar-refractivity contribution in [3.63, 3.8) is 0 Å². The Balaban J connectivity index is 2.06. The molecule has 0 aromatic carbocycles. The van der Waals surface area contributed by atoms with Crippen LogP contribution in [-0.4, -0.2) is 9.55 Å². The fraction of sp³-hybridized carbons (Fsp3) is 0.417. The molecule has 1 aliphatic rings. The molecule has 0 bridgehead atoms. The molecule has 0 spiro atoms. The Labute approximate surface area is 93.6 Å². The number of imidazole rings is 1. The van der Waals surface area contributed by atoms with Gasteiger partial charge >= 0.3 is 0 Å². The summed E-state index contributed by atoms with van der Waals surface area (Å²) in [6, 6.07) is 4.85. The van der Waals surface area contributed by atoms with Crippen LogP contribution in [0.1, 0.15) is 31.6 Å². The third-order valence-electron chi connectivity index (χ3n) is 3.08. The Kier molecular flexibility index (Phi) is 2.13. The minimum atomic E-state index is 0.620. The first-order chi connectivity index (χ1) is 7.34. The molecule has 0 aliphatic carbocycles. The number of aromatic nitrogens is 2. The van der Waals surface area contributed by atoms with Gasteiger partial charge in [-0.2, -0.15) is 0 Å². The van der Waals surface area contributed by atoms with E-state index in [1.807, 2.05) is 0 Å². The number of fused-ring (bicyclic) bond motifs is 1. The van der Waals surface area contributed by atoms with E-state index < -0.39 is 0 Å². The van der Waals surface area contributed by atoms with Crippen molar-refractivity contribution in [3.8, 4) is 10.6 Å². The minimum absolute atomic E-state index is 0.620. The van der Waals surface area contributed by atoms with E-state index >= 15 is 0 Å². The van der Waals surface area contributed by atoms with Crippen molar-refractivity contribution in [3.05, 3.63) is 29.5 Å². The van der Waals surface area contributed by atoms with E-state index in [0.717, 1.165) is 12.1 Å². The number of aryl methyl sites for hydroxylation is 1. The minimum Gasteiger partial charge on any atom is -0.331 e. The molecule has 2 aromatic rings. The molecule has 0 N–H and O–H groups in total. The van der Waals surface area contributed by atoms with Gasteiger partial charge in [0.2, 0.25) is 0 Å². The average Bonchev–Trinajstić information content (AvgIpc) is 2.86. The zero-order chi connectivity index (χ0) is 10.3. The van der Waals surface area contributed by atoms with E-state index in [9.17, 15) is 0 Å². The lowest BCUT2D eigenvalue weighted by Gasteiger charge is -2.20. The van der Waals surface area contributed by atoms with Crippen LogP contribution in [0.4, 0.5) is 0 Å². The molecule has 2 aromatic heterocycles. The second kappa shape index (κ2) is 3.49. The second-order valence-corrected chi connectivity index (χ2v) is 5.12. The molecule has 1 aliphatic heterocycles. The van der Waals surface area contributed by atoms with Crippen LogP contribution in [0, 0.1) is 0 Å². The summed E-state index contributed by atoms with van der Waals surface area (Å²) in [5.74, 6) is 1.26. The van der Waals surface area contributed by atoms with E-state index in [1.165, 1.54) is 23.5 Å². The molecule has 3 heterocycles. The first-order valence-electron chi connectivity index (χ1n) is 5.46. The molecule has 1 atom stereocenters. The molecule has 0 saturated heterocycles. The Bertz CT molecular complexity index is 456. The number of hydrogen-bond acceptors (Lipinski definition) is 2. The van der Waals surface area contributed by atoms with E-state index in [0.29, 0.717) is 6.04 Å². The number of hydrogen-bond donors (Lipinski definition) is 0. The van der Waals surface area contributed by atoms with Crippen molar-refractivity contribution in [2.75, 3.05) is 0 Å². The van der Waals surface area contributed by atoms with Crippen LogP contribution in [0.5, 0.6) is 0 Å². The molecule has 2 nitrogen and oxygen atoms in total. The fourth-order valence-electron chi connectivity index (χ4n) is 2.24. The Morgan fingerprint density at radius 2 is 2.47 bits per heavy atom. The number of thiophene rings is 1. The Morgan fingerprint density at radius 3 is 3.20 bits per heavy atom. The molecule has 1 unspecified atom stereocenters. The molecule has 3 rings (SSSR count). The van der Waals surface area contributed by atoms with Gasteiger partial charge in [0.1, 0.15) is 5.82 Å². The van der Waals surface area contributed by atoms with Gasteiger partial charge in [0.15, 0.2) is 0 Å². The standard InChI is InChI=1S/C12H14N2S/c1-9-4-2-6-12-13-10(8-14(9)12)11-5-3-7-15-11/h3,5,7-9H,2,4,6H2,1H3. The molecule has 78 valence electrons. The van der Waals surface area contributed by atoms with Crippen molar-refractivity contribution in [2.45, 2.75) is 32.2 Å². The normalized spacial score (nSPS) is 20.2. The van der Waals surface area contributed by atoms with E-state index in [-0.39, 0.29) is 0 Å². The van der Waals surface area contributed by atoms with Crippen LogP contribution >= 0.6 is 11.3 Å². The van der Waals surface area contributed by atoms with Crippen LogP contribution in [0.15, 0.2) is 23.7 Å². The molecule has 15 heavy (non-hydrogen) atoms. The van der Waals surface area contributed by atoms with Gasteiger partial charge in [-0.1, -0.05) is 6.07 Å². The largest absolute Gasteiger partial charge is 0.331 e. The molecule has 0 saturated carbocycles. The number of rotatable bonds is 1. The summed E-state index contributed by atoms with van der Waals surface area (Å²) in [7, 11) is 0. The molecule has 0 fully saturated rings. The van der Waals surface area contributed by atoms with Crippen LogP contribution in [0.25, 0.3) is 10.6 Å². The Morgan fingerprint density at radius 1 is 1.53 bits per heavy atom. The van der Waals surface area contributed by atoms with Crippen molar-refractivity contribution >= 4 is 11.3 Å². The maximum absolute atomic E-state index is 4.72. The van der Waals surface area contributed by atoms with E-state index in [1.54, 1.807) is 11.3 Å². The first kappa shape index (κ1) is 9.16. The smallest absolute Gasteiger partial charge is 0.109 e. The monoisotopic (exact) mass is 218 g/mol. The van der Waals surface area contributed by atoms with E-state index in [4.69, 9.17) is 4.98 Å². The van der Waals surface area contributed by atoms with Gasteiger partial charge in [-0.05, 0) is 31.2 Å². The van der Waals surface area contributed by atoms with E-state index in [2.05, 4.69) is 35.2 Å². The van der Waals surface area contributed by atoms with Crippen LogP contribution in [0.2, 0.25) is 0 Å². The second-order valence-electron chi connectivity index (χ2n) is 4.17. The quantitative estimate of drug-likeness (QED) is 0.716. The summed E-state index contributed by atoms with van der Waals surface area (Å²) in [5, 5.41) is 2.11. The lowest BCUT2D eigenvalue weighted by molar-refractivity contribution is 0.426. The van der Waals surface area contributed by atoms with Gasteiger partial charge < -0.3 is 4.57 Å². The lowest BCUT2D eigenvalue weighted by atomic mass is 10.1. The maximum atomic E-state index is 4.72. The van der Waals surface area contributed by atoms with Crippen molar-refractivity contribution in [2.24, 2.45) is 0 Å². The van der Waals surface area contributed by atoms with Crippen molar-refractivity contribution in [1.82, 2.24) is 9.55 Å². The predicted octanol–water partition coefficient (Wildman–Crippen LogP) is 3.51. The van der Waals surface area contributed by atoms with Gasteiger partial charge in [0.05, 0.1) is 10.6 Å². The third-order valence-corrected chi connectivity index (χ3v) is 3.97. The fourth-order valence-corrected chi connectivity index (χ4v) is 2.92. The summed E-state index contributed by atoms with van der Waals surface area (Å²) < 4.78 is 2.35. The van der Waals surface area contributed by atoms with Gasteiger partial charge in [-0.15, -0.1) is 11.3 Å². The highest BCUT2D eigenvalue weighted by atomic mass is 32.1. The van der Waals surface area contributed by atoms with Gasteiger partial charge in [-0.25, -0.2) is 4.98 Å². The molecule has 0 radical (unpaired) electrons. The molecule has 0 amide bonds.